The van der Waals surface area contributed by atoms with Crippen molar-refractivity contribution in [1.29, 1.82) is 0 Å². The van der Waals surface area contributed by atoms with Gasteiger partial charge in [-0.3, -0.25) is 0 Å². The van der Waals surface area contributed by atoms with Crippen LogP contribution in [-0.4, -0.2) is 16.2 Å². The third-order valence-electron chi connectivity index (χ3n) is 2.85. The van der Waals surface area contributed by atoms with E-state index in [9.17, 15) is 0 Å². The summed E-state index contributed by atoms with van der Waals surface area (Å²) in [5.41, 5.74) is 7.05. The van der Waals surface area contributed by atoms with Crippen LogP contribution in [0, 0.1) is 0 Å². The molecular formula is C15H19N3OS. The number of nitrogen functional groups attached to an aromatic ring is 1. The first kappa shape index (κ1) is 14.7. The molecule has 0 radical (unpaired) electrons. The van der Waals surface area contributed by atoms with E-state index in [2.05, 4.69) is 29.0 Å². The Labute approximate surface area is 123 Å². The molecule has 1 heterocycles. The number of nitrogens with two attached hydrogens (primary N) is 1. The summed E-state index contributed by atoms with van der Waals surface area (Å²) in [6.45, 7) is 2.19. The van der Waals surface area contributed by atoms with E-state index in [0.29, 0.717) is 16.9 Å². The maximum absolute atomic E-state index is 5.72. The number of aromatic nitrogens is 2. The SMILES string of the molecule is CCCCc1ccc(Oc2cc(N)nc(SC)n2)cc1. The van der Waals surface area contributed by atoms with Crippen LogP contribution in [0.25, 0.3) is 0 Å². The molecule has 4 nitrogen and oxygen atoms in total. The van der Waals surface area contributed by atoms with E-state index in [-0.39, 0.29) is 0 Å². The number of hydrogen-bond acceptors (Lipinski definition) is 5. The van der Waals surface area contributed by atoms with Gasteiger partial charge in [-0.2, -0.15) is 4.98 Å². The fourth-order valence-electron chi connectivity index (χ4n) is 1.79. The van der Waals surface area contributed by atoms with Gasteiger partial charge in [-0.1, -0.05) is 37.2 Å². The smallest absolute Gasteiger partial charge is 0.225 e. The molecule has 2 aromatic rings. The van der Waals surface area contributed by atoms with Gasteiger partial charge in [-0.15, -0.1) is 0 Å². The van der Waals surface area contributed by atoms with Gasteiger partial charge in [-0.25, -0.2) is 4.98 Å². The van der Waals surface area contributed by atoms with Crippen molar-refractivity contribution >= 4 is 17.6 Å². The summed E-state index contributed by atoms with van der Waals surface area (Å²) in [6.07, 6.45) is 5.42. The minimum Gasteiger partial charge on any atom is -0.439 e. The molecule has 0 aliphatic rings. The first-order valence-corrected chi connectivity index (χ1v) is 7.89. The van der Waals surface area contributed by atoms with E-state index in [1.807, 2.05) is 18.4 Å². The number of anilines is 1. The summed E-state index contributed by atoms with van der Waals surface area (Å²) < 4.78 is 5.72. The topological polar surface area (TPSA) is 61.0 Å². The number of ether oxygens (including phenoxy) is 1. The molecule has 2 rings (SSSR count). The third-order valence-corrected chi connectivity index (χ3v) is 3.40. The zero-order valence-corrected chi connectivity index (χ0v) is 12.6. The van der Waals surface area contributed by atoms with Crippen molar-refractivity contribution in [2.75, 3.05) is 12.0 Å². The predicted molar refractivity (Wildman–Crippen MR) is 83.4 cm³/mol. The fourth-order valence-corrected chi connectivity index (χ4v) is 2.17. The van der Waals surface area contributed by atoms with Crippen molar-refractivity contribution in [2.24, 2.45) is 0 Å². The second-order valence-electron chi connectivity index (χ2n) is 4.47. The number of unbranched alkanes of at least 4 members (excludes halogenated alkanes) is 1. The maximum atomic E-state index is 5.72. The van der Waals surface area contributed by atoms with E-state index < -0.39 is 0 Å². The highest BCUT2D eigenvalue weighted by molar-refractivity contribution is 7.98. The van der Waals surface area contributed by atoms with Crippen molar-refractivity contribution in [3.63, 3.8) is 0 Å². The second kappa shape index (κ2) is 7.14. The molecule has 106 valence electrons. The highest BCUT2D eigenvalue weighted by Gasteiger charge is 2.04. The molecule has 0 saturated heterocycles. The van der Waals surface area contributed by atoms with Gasteiger partial charge < -0.3 is 10.5 Å². The summed E-state index contributed by atoms with van der Waals surface area (Å²) in [6, 6.07) is 9.73. The number of hydrogen-bond donors (Lipinski definition) is 1. The van der Waals surface area contributed by atoms with Crippen LogP contribution in [0.3, 0.4) is 0 Å². The standard InChI is InChI=1S/C15H19N3OS/c1-3-4-5-11-6-8-12(9-7-11)19-14-10-13(16)17-15(18-14)20-2/h6-10H,3-5H2,1-2H3,(H2,16,17,18). The Morgan fingerprint density at radius 2 is 1.95 bits per heavy atom. The lowest BCUT2D eigenvalue weighted by Gasteiger charge is -2.07. The van der Waals surface area contributed by atoms with Crippen LogP contribution in [0.15, 0.2) is 35.5 Å². The van der Waals surface area contributed by atoms with Crippen LogP contribution in [0.5, 0.6) is 11.6 Å². The zero-order chi connectivity index (χ0) is 14.4. The van der Waals surface area contributed by atoms with E-state index in [0.717, 1.165) is 12.2 Å². The Morgan fingerprint density at radius 3 is 2.60 bits per heavy atom. The highest BCUT2D eigenvalue weighted by atomic mass is 32.2. The normalized spacial score (nSPS) is 10.5. The fraction of sp³-hybridized carbons (Fsp3) is 0.333. The number of benzene rings is 1. The molecule has 0 spiro atoms. The van der Waals surface area contributed by atoms with Gasteiger partial charge in [0.15, 0.2) is 5.16 Å². The van der Waals surface area contributed by atoms with Gasteiger partial charge in [-0.05, 0) is 36.8 Å². The summed E-state index contributed by atoms with van der Waals surface area (Å²) in [7, 11) is 0. The van der Waals surface area contributed by atoms with E-state index in [4.69, 9.17) is 10.5 Å². The van der Waals surface area contributed by atoms with Crippen molar-refractivity contribution in [3.05, 3.63) is 35.9 Å². The summed E-state index contributed by atoms with van der Waals surface area (Å²) in [4.78, 5) is 8.36. The van der Waals surface area contributed by atoms with Crippen LogP contribution in [-0.2, 0) is 6.42 Å². The monoisotopic (exact) mass is 289 g/mol. The van der Waals surface area contributed by atoms with Crippen molar-refractivity contribution < 1.29 is 4.74 Å². The summed E-state index contributed by atoms with van der Waals surface area (Å²) >= 11 is 1.44. The van der Waals surface area contributed by atoms with Crippen LogP contribution < -0.4 is 10.5 Å². The second-order valence-corrected chi connectivity index (χ2v) is 5.24. The average molecular weight is 289 g/mol. The number of nitrogens with zero attached hydrogens (tertiary/aromatic N) is 2. The molecule has 0 fully saturated rings. The van der Waals surface area contributed by atoms with Crippen molar-refractivity contribution in [3.8, 4) is 11.6 Å². The Hall–Kier alpha value is -1.75. The lowest BCUT2D eigenvalue weighted by Crippen LogP contribution is -1.97. The zero-order valence-electron chi connectivity index (χ0n) is 11.8. The first-order chi connectivity index (χ1) is 9.71. The molecular weight excluding hydrogens is 270 g/mol. The molecule has 5 heteroatoms. The van der Waals surface area contributed by atoms with E-state index >= 15 is 0 Å². The van der Waals surface area contributed by atoms with Crippen molar-refractivity contribution in [1.82, 2.24) is 9.97 Å². The van der Waals surface area contributed by atoms with E-state index in [1.54, 1.807) is 6.07 Å². The molecule has 0 amide bonds. The quantitative estimate of drug-likeness (QED) is 0.645. The number of thioether (sulfide) groups is 1. The van der Waals surface area contributed by atoms with Crippen molar-refractivity contribution in [2.45, 2.75) is 31.3 Å². The first-order valence-electron chi connectivity index (χ1n) is 6.66. The Kier molecular flexibility index (Phi) is 5.24. The third kappa shape index (κ3) is 4.13. The van der Waals surface area contributed by atoms with E-state index in [1.165, 1.54) is 30.2 Å². The Morgan fingerprint density at radius 1 is 1.20 bits per heavy atom. The van der Waals surface area contributed by atoms with Crippen LogP contribution in [0.1, 0.15) is 25.3 Å². The summed E-state index contributed by atoms with van der Waals surface area (Å²) in [5.74, 6) is 1.65. The van der Waals surface area contributed by atoms with Gasteiger partial charge in [0, 0.05) is 6.07 Å². The Balaban J connectivity index is 2.07. The molecule has 1 aromatic heterocycles. The minimum absolute atomic E-state index is 0.416. The van der Waals surface area contributed by atoms with Crippen LogP contribution >= 0.6 is 11.8 Å². The van der Waals surface area contributed by atoms with Crippen LogP contribution in [0.2, 0.25) is 0 Å². The molecule has 0 saturated carbocycles. The molecule has 0 aliphatic carbocycles. The molecule has 0 aliphatic heterocycles. The predicted octanol–water partition coefficient (Wildman–Crippen LogP) is 3.92. The molecule has 0 atom stereocenters. The van der Waals surface area contributed by atoms with Gasteiger partial charge in [0.1, 0.15) is 11.6 Å². The number of rotatable bonds is 6. The molecule has 1 aromatic carbocycles. The minimum atomic E-state index is 0.416. The van der Waals surface area contributed by atoms with Gasteiger partial charge in [0.25, 0.3) is 0 Å². The molecule has 20 heavy (non-hydrogen) atoms. The van der Waals surface area contributed by atoms with Crippen LogP contribution in [0.4, 0.5) is 5.82 Å². The van der Waals surface area contributed by atoms with Gasteiger partial charge >= 0.3 is 0 Å². The van der Waals surface area contributed by atoms with Gasteiger partial charge in [0.2, 0.25) is 5.88 Å². The largest absolute Gasteiger partial charge is 0.439 e. The lowest BCUT2D eigenvalue weighted by molar-refractivity contribution is 0.456. The number of aryl methyl sites for hydroxylation is 1. The molecule has 2 N–H and O–H groups in total. The maximum Gasteiger partial charge on any atom is 0.225 e. The lowest BCUT2D eigenvalue weighted by atomic mass is 10.1. The summed E-state index contributed by atoms with van der Waals surface area (Å²) in [5, 5.41) is 0.611. The highest BCUT2D eigenvalue weighted by Crippen LogP contribution is 2.23. The Bertz CT molecular complexity index is 558. The molecule has 0 bridgehead atoms. The molecule has 0 unspecified atom stereocenters. The average Bonchev–Trinajstić information content (AvgIpc) is 2.46. The van der Waals surface area contributed by atoms with Gasteiger partial charge in [0.05, 0.1) is 0 Å².